The van der Waals surface area contributed by atoms with E-state index in [-0.39, 0.29) is 17.6 Å². The highest BCUT2D eigenvalue weighted by Gasteiger charge is 2.27. The number of likely N-dealkylation sites (tertiary alicyclic amines) is 1. The Morgan fingerprint density at radius 3 is 2.61 bits per heavy atom. The van der Waals surface area contributed by atoms with E-state index in [1.807, 2.05) is 0 Å². The van der Waals surface area contributed by atoms with Crippen molar-refractivity contribution in [2.45, 2.75) is 19.4 Å². The molecule has 8 nitrogen and oxygen atoms in total. The van der Waals surface area contributed by atoms with Gasteiger partial charge in [-0.3, -0.25) is 14.5 Å². The highest BCUT2D eigenvalue weighted by Crippen LogP contribution is 2.22. The summed E-state index contributed by atoms with van der Waals surface area (Å²) < 4.78 is 18.4. The molecule has 0 radical (unpaired) electrons. The number of halogens is 1. The van der Waals surface area contributed by atoms with Crippen molar-refractivity contribution in [2.75, 3.05) is 18.4 Å². The van der Waals surface area contributed by atoms with E-state index in [9.17, 15) is 14.0 Å². The van der Waals surface area contributed by atoms with Gasteiger partial charge in [-0.2, -0.15) is 4.98 Å². The Balaban J connectivity index is 1.34. The Hall–Kier alpha value is -3.59. The molecule has 1 unspecified atom stereocenters. The minimum atomic E-state index is -0.510. The summed E-state index contributed by atoms with van der Waals surface area (Å²) in [6, 6.07) is 12.4. The molecule has 1 saturated heterocycles. The molecule has 0 saturated carbocycles. The van der Waals surface area contributed by atoms with Crippen molar-refractivity contribution in [2.24, 2.45) is 11.7 Å². The molecule has 2 amide bonds. The summed E-state index contributed by atoms with van der Waals surface area (Å²) in [7, 11) is 0. The zero-order chi connectivity index (χ0) is 21.8. The van der Waals surface area contributed by atoms with Crippen LogP contribution in [0.3, 0.4) is 0 Å². The molecule has 2 aromatic carbocycles. The van der Waals surface area contributed by atoms with Crippen LogP contribution in [0, 0.1) is 11.7 Å². The van der Waals surface area contributed by atoms with Gasteiger partial charge < -0.3 is 15.6 Å². The summed E-state index contributed by atoms with van der Waals surface area (Å²) in [6.45, 7) is 1.83. The number of amides is 2. The van der Waals surface area contributed by atoms with Gasteiger partial charge in [0.1, 0.15) is 5.82 Å². The van der Waals surface area contributed by atoms with Crippen LogP contribution in [0.4, 0.5) is 10.1 Å². The second-order valence-corrected chi connectivity index (χ2v) is 7.52. The number of nitrogens with two attached hydrogens (primary N) is 1. The van der Waals surface area contributed by atoms with Crippen LogP contribution in [0.5, 0.6) is 0 Å². The lowest BCUT2D eigenvalue weighted by Gasteiger charge is -2.30. The van der Waals surface area contributed by atoms with Crippen molar-refractivity contribution < 1.29 is 18.5 Å². The molecule has 1 aliphatic heterocycles. The van der Waals surface area contributed by atoms with Crippen LogP contribution in [0.1, 0.15) is 29.1 Å². The lowest BCUT2D eigenvalue weighted by atomic mass is 9.97. The quantitative estimate of drug-likeness (QED) is 0.630. The predicted molar refractivity (Wildman–Crippen MR) is 111 cm³/mol. The first-order valence-corrected chi connectivity index (χ1v) is 9.99. The molecule has 0 bridgehead atoms. The van der Waals surface area contributed by atoms with Gasteiger partial charge in [0.2, 0.25) is 23.5 Å². The van der Waals surface area contributed by atoms with Crippen molar-refractivity contribution in [1.82, 2.24) is 15.0 Å². The second kappa shape index (κ2) is 9.05. The maximum atomic E-state index is 13.1. The summed E-state index contributed by atoms with van der Waals surface area (Å²) in [5.74, 6) is -0.237. The van der Waals surface area contributed by atoms with E-state index in [1.54, 1.807) is 36.4 Å². The molecule has 9 heteroatoms. The molecule has 1 aliphatic rings. The molecule has 1 fully saturated rings. The molecule has 160 valence electrons. The maximum Gasteiger partial charge on any atom is 0.248 e. The summed E-state index contributed by atoms with van der Waals surface area (Å²) in [6.07, 6.45) is 1.66. The fraction of sp³-hybridized carbons (Fsp3) is 0.273. The van der Waals surface area contributed by atoms with Crippen molar-refractivity contribution >= 4 is 17.5 Å². The lowest BCUT2D eigenvalue weighted by Crippen LogP contribution is -2.40. The zero-order valence-electron chi connectivity index (χ0n) is 16.8. The lowest BCUT2D eigenvalue weighted by molar-refractivity contribution is -0.121. The number of hydrogen-bond donors (Lipinski definition) is 2. The van der Waals surface area contributed by atoms with Crippen molar-refractivity contribution in [1.29, 1.82) is 0 Å². The maximum absolute atomic E-state index is 13.1. The molecule has 0 aliphatic carbocycles. The Morgan fingerprint density at radius 2 is 1.90 bits per heavy atom. The molecule has 1 atom stereocenters. The monoisotopic (exact) mass is 423 g/mol. The number of piperidine rings is 1. The highest BCUT2D eigenvalue weighted by molar-refractivity contribution is 5.95. The number of hydrogen-bond acceptors (Lipinski definition) is 6. The predicted octanol–water partition coefficient (Wildman–Crippen LogP) is 2.83. The largest absolute Gasteiger partial charge is 0.366 e. The van der Waals surface area contributed by atoms with E-state index in [0.29, 0.717) is 41.6 Å². The van der Waals surface area contributed by atoms with E-state index in [4.69, 9.17) is 10.3 Å². The Kier molecular flexibility index (Phi) is 6.03. The summed E-state index contributed by atoms with van der Waals surface area (Å²) in [5, 5.41) is 6.86. The number of carbonyl (C=O) groups is 2. The number of rotatable bonds is 6. The first-order valence-electron chi connectivity index (χ1n) is 9.99. The van der Waals surface area contributed by atoms with E-state index >= 15 is 0 Å². The summed E-state index contributed by atoms with van der Waals surface area (Å²) in [4.78, 5) is 30.3. The van der Waals surface area contributed by atoms with Crippen molar-refractivity contribution in [3.05, 3.63) is 65.8 Å². The van der Waals surface area contributed by atoms with Gasteiger partial charge in [-0.15, -0.1) is 0 Å². The number of aromatic nitrogens is 2. The van der Waals surface area contributed by atoms with Gasteiger partial charge >= 0.3 is 0 Å². The summed E-state index contributed by atoms with van der Waals surface area (Å²) in [5.41, 5.74) is 6.92. The molecule has 3 N–H and O–H groups in total. The number of nitrogens with one attached hydrogen (secondary N) is 1. The molecule has 0 spiro atoms. The number of primary amides is 1. The Labute approximate surface area is 178 Å². The number of anilines is 1. The minimum absolute atomic E-state index is 0.0749. The smallest absolute Gasteiger partial charge is 0.248 e. The third-order valence-corrected chi connectivity index (χ3v) is 5.24. The topological polar surface area (TPSA) is 114 Å². The molecular formula is C22H22FN5O3. The van der Waals surface area contributed by atoms with E-state index in [0.717, 1.165) is 19.4 Å². The van der Waals surface area contributed by atoms with Crippen LogP contribution < -0.4 is 11.1 Å². The third-order valence-electron chi connectivity index (χ3n) is 5.24. The first-order chi connectivity index (χ1) is 15.0. The van der Waals surface area contributed by atoms with Crippen LogP contribution >= 0.6 is 0 Å². The fourth-order valence-corrected chi connectivity index (χ4v) is 3.60. The van der Waals surface area contributed by atoms with Gasteiger partial charge in [-0.1, -0.05) is 5.16 Å². The van der Waals surface area contributed by atoms with Crippen molar-refractivity contribution in [3.8, 4) is 11.4 Å². The third kappa shape index (κ3) is 5.13. The SMILES string of the molecule is NC(=O)c1ccc(NC(=O)C2CCCN(Cc3nc(-c4ccc(F)cc4)no3)C2)cc1. The van der Waals surface area contributed by atoms with Gasteiger partial charge in [0.25, 0.3) is 0 Å². The molecule has 1 aromatic heterocycles. The Morgan fingerprint density at radius 1 is 1.16 bits per heavy atom. The standard InChI is InChI=1S/C22H22FN5O3/c23-17-7-3-15(4-8-17)21-26-19(31-27-21)13-28-11-1-2-16(12-28)22(30)25-18-9-5-14(6-10-18)20(24)29/h3-10,16H,1-2,11-13H2,(H2,24,29)(H,25,30). The average molecular weight is 423 g/mol. The van der Waals surface area contributed by atoms with Gasteiger partial charge in [0.15, 0.2) is 0 Å². The van der Waals surface area contributed by atoms with E-state index in [2.05, 4.69) is 20.4 Å². The summed E-state index contributed by atoms with van der Waals surface area (Å²) >= 11 is 0. The second-order valence-electron chi connectivity index (χ2n) is 7.52. The van der Waals surface area contributed by atoms with E-state index in [1.165, 1.54) is 12.1 Å². The molecular weight excluding hydrogens is 401 g/mol. The van der Waals surface area contributed by atoms with Crippen LogP contribution in [-0.2, 0) is 11.3 Å². The molecule has 2 heterocycles. The fourth-order valence-electron chi connectivity index (χ4n) is 3.60. The van der Waals surface area contributed by atoms with Gasteiger partial charge in [-0.05, 0) is 67.9 Å². The van der Waals surface area contributed by atoms with E-state index < -0.39 is 5.91 Å². The van der Waals surface area contributed by atoms with Crippen LogP contribution in [0.2, 0.25) is 0 Å². The number of nitrogens with zero attached hydrogens (tertiary/aromatic N) is 3. The average Bonchev–Trinajstić information content (AvgIpc) is 3.23. The highest BCUT2D eigenvalue weighted by atomic mass is 19.1. The molecule has 31 heavy (non-hydrogen) atoms. The minimum Gasteiger partial charge on any atom is -0.366 e. The zero-order valence-corrected chi connectivity index (χ0v) is 16.8. The van der Waals surface area contributed by atoms with Crippen LogP contribution in [0.15, 0.2) is 53.1 Å². The first kappa shape index (κ1) is 20.7. The molecule has 3 aromatic rings. The van der Waals surface area contributed by atoms with Gasteiger partial charge in [0.05, 0.1) is 12.5 Å². The van der Waals surface area contributed by atoms with Crippen LogP contribution in [-0.4, -0.2) is 39.9 Å². The van der Waals surface area contributed by atoms with Crippen molar-refractivity contribution in [3.63, 3.8) is 0 Å². The van der Waals surface area contributed by atoms with Crippen LogP contribution in [0.25, 0.3) is 11.4 Å². The van der Waals surface area contributed by atoms with Gasteiger partial charge in [0, 0.05) is 23.4 Å². The van der Waals surface area contributed by atoms with Gasteiger partial charge in [-0.25, -0.2) is 4.39 Å². The number of carbonyl (C=O) groups excluding carboxylic acids is 2. The molecule has 4 rings (SSSR count). The normalized spacial score (nSPS) is 16.7. The number of benzene rings is 2. The Bertz CT molecular complexity index is 1070.